The Morgan fingerprint density at radius 2 is 2.00 bits per heavy atom. The first-order valence-electron chi connectivity index (χ1n) is 6.61. The Kier molecular flexibility index (Phi) is 3.06. The fourth-order valence-electron chi connectivity index (χ4n) is 2.59. The van der Waals surface area contributed by atoms with Gasteiger partial charge in [-0.15, -0.1) is 0 Å². The van der Waals surface area contributed by atoms with Crippen LogP contribution >= 0.6 is 0 Å². The molecule has 1 fully saturated rings. The Labute approximate surface area is 107 Å². The summed E-state index contributed by atoms with van der Waals surface area (Å²) in [5.74, 6) is 0.0930. The van der Waals surface area contributed by atoms with Gasteiger partial charge in [0.1, 0.15) is 0 Å². The number of hydrogen-bond donors (Lipinski definition) is 3. The van der Waals surface area contributed by atoms with Gasteiger partial charge in [-0.05, 0) is 30.4 Å². The van der Waals surface area contributed by atoms with E-state index < -0.39 is 0 Å². The molecule has 2 aliphatic carbocycles. The second-order valence-electron chi connectivity index (χ2n) is 5.25. The van der Waals surface area contributed by atoms with Crippen molar-refractivity contribution in [1.82, 2.24) is 10.6 Å². The molecule has 1 amide bonds. The molecule has 2 atom stereocenters. The number of carbonyl (C=O) groups excluding carboxylic acids is 1. The van der Waals surface area contributed by atoms with E-state index in [1.54, 1.807) is 0 Å². The second kappa shape index (κ2) is 4.71. The van der Waals surface area contributed by atoms with Gasteiger partial charge in [0.15, 0.2) is 0 Å². The molecule has 0 radical (unpaired) electrons. The first-order chi connectivity index (χ1) is 8.74. The number of carbonyl (C=O) groups is 1. The fourth-order valence-corrected chi connectivity index (χ4v) is 2.59. The highest BCUT2D eigenvalue weighted by Gasteiger charge is 2.29. The SMILES string of the molecule is NC1CC(NCC(=O)NC2CC2)c2ccccc21. The van der Waals surface area contributed by atoms with Gasteiger partial charge < -0.3 is 16.4 Å². The summed E-state index contributed by atoms with van der Waals surface area (Å²) < 4.78 is 0. The highest BCUT2D eigenvalue weighted by atomic mass is 16.2. The average Bonchev–Trinajstić information content (AvgIpc) is 3.12. The van der Waals surface area contributed by atoms with Gasteiger partial charge in [0.2, 0.25) is 5.91 Å². The molecule has 2 aliphatic rings. The molecular formula is C14H19N3O. The van der Waals surface area contributed by atoms with Crippen molar-refractivity contribution in [1.29, 1.82) is 0 Å². The minimum absolute atomic E-state index is 0.0881. The third kappa shape index (κ3) is 2.40. The van der Waals surface area contributed by atoms with Crippen LogP contribution in [0.3, 0.4) is 0 Å². The molecule has 4 N–H and O–H groups in total. The molecule has 3 rings (SSSR count). The van der Waals surface area contributed by atoms with E-state index in [9.17, 15) is 4.79 Å². The summed E-state index contributed by atoms with van der Waals surface area (Å²) in [7, 11) is 0. The van der Waals surface area contributed by atoms with Crippen LogP contribution in [0.1, 0.15) is 42.5 Å². The molecule has 0 spiro atoms. The van der Waals surface area contributed by atoms with Gasteiger partial charge in [-0.1, -0.05) is 24.3 Å². The van der Waals surface area contributed by atoms with Crippen LogP contribution in [0.25, 0.3) is 0 Å². The van der Waals surface area contributed by atoms with E-state index in [1.165, 1.54) is 11.1 Å². The minimum Gasteiger partial charge on any atom is -0.352 e. The van der Waals surface area contributed by atoms with Crippen molar-refractivity contribution in [3.05, 3.63) is 35.4 Å². The number of hydrogen-bond acceptors (Lipinski definition) is 3. The predicted molar refractivity (Wildman–Crippen MR) is 69.9 cm³/mol. The molecule has 0 aromatic heterocycles. The molecule has 1 aromatic rings. The summed E-state index contributed by atoms with van der Waals surface area (Å²) in [4.78, 5) is 11.6. The minimum atomic E-state index is 0.0881. The zero-order valence-corrected chi connectivity index (χ0v) is 10.4. The average molecular weight is 245 g/mol. The van der Waals surface area contributed by atoms with Crippen LogP contribution in [0.5, 0.6) is 0 Å². The van der Waals surface area contributed by atoms with Crippen LogP contribution in [0, 0.1) is 0 Å². The fraction of sp³-hybridized carbons (Fsp3) is 0.500. The first kappa shape index (κ1) is 11.7. The van der Waals surface area contributed by atoms with Gasteiger partial charge >= 0.3 is 0 Å². The lowest BCUT2D eigenvalue weighted by molar-refractivity contribution is -0.120. The quantitative estimate of drug-likeness (QED) is 0.741. The standard InChI is InChI=1S/C14H19N3O/c15-12-7-13(11-4-2-1-3-10(11)12)16-8-14(18)17-9-5-6-9/h1-4,9,12-13,16H,5-8,15H2,(H,17,18). The summed E-state index contributed by atoms with van der Waals surface area (Å²) in [6.45, 7) is 0.377. The Balaban J connectivity index is 1.59. The van der Waals surface area contributed by atoms with E-state index >= 15 is 0 Å². The largest absolute Gasteiger partial charge is 0.352 e. The van der Waals surface area contributed by atoms with Crippen molar-refractivity contribution in [2.24, 2.45) is 5.73 Å². The van der Waals surface area contributed by atoms with Gasteiger partial charge in [-0.2, -0.15) is 0 Å². The van der Waals surface area contributed by atoms with Gasteiger partial charge in [0.05, 0.1) is 6.54 Å². The molecule has 2 unspecified atom stereocenters. The number of rotatable bonds is 4. The number of benzene rings is 1. The van der Waals surface area contributed by atoms with Gasteiger partial charge in [0, 0.05) is 18.1 Å². The van der Waals surface area contributed by atoms with Gasteiger partial charge in [-0.25, -0.2) is 0 Å². The Bertz CT molecular complexity index is 456. The normalized spacial score (nSPS) is 25.8. The van der Waals surface area contributed by atoms with Crippen LogP contribution in [-0.4, -0.2) is 18.5 Å². The van der Waals surface area contributed by atoms with Gasteiger partial charge in [0.25, 0.3) is 0 Å². The third-order valence-corrected chi connectivity index (χ3v) is 3.71. The summed E-state index contributed by atoms with van der Waals surface area (Å²) in [5, 5.41) is 6.29. The highest BCUT2D eigenvalue weighted by Crippen LogP contribution is 2.36. The van der Waals surface area contributed by atoms with Gasteiger partial charge in [-0.3, -0.25) is 4.79 Å². The lowest BCUT2D eigenvalue weighted by atomic mass is 10.1. The first-order valence-corrected chi connectivity index (χ1v) is 6.61. The molecule has 0 heterocycles. The molecule has 96 valence electrons. The third-order valence-electron chi connectivity index (χ3n) is 3.71. The molecule has 18 heavy (non-hydrogen) atoms. The topological polar surface area (TPSA) is 67.1 Å². The van der Waals surface area contributed by atoms with Crippen LogP contribution in [-0.2, 0) is 4.79 Å². The van der Waals surface area contributed by atoms with E-state index in [2.05, 4.69) is 22.8 Å². The summed E-state index contributed by atoms with van der Waals surface area (Å²) in [6, 6.07) is 8.94. The van der Waals surface area contributed by atoms with E-state index in [0.29, 0.717) is 12.6 Å². The smallest absolute Gasteiger partial charge is 0.234 e. The predicted octanol–water partition coefficient (Wildman–Crippen LogP) is 0.999. The monoisotopic (exact) mass is 245 g/mol. The van der Waals surface area contributed by atoms with Crippen molar-refractivity contribution in [2.45, 2.75) is 37.4 Å². The maximum atomic E-state index is 11.6. The Morgan fingerprint density at radius 1 is 1.28 bits per heavy atom. The summed E-state index contributed by atoms with van der Waals surface area (Å²) in [6.07, 6.45) is 3.13. The van der Waals surface area contributed by atoms with E-state index in [4.69, 9.17) is 5.73 Å². The Morgan fingerprint density at radius 3 is 2.72 bits per heavy atom. The van der Waals surface area contributed by atoms with Crippen LogP contribution in [0.15, 0.2) is 24.3 Å². The molecule has 1 saturated carbocycles. The van der Waals surface area contributed by atoms with Crippen LogP contribution in [0.4, 0.5) is 0 Å². The van der Waals surface area contributed by atoms with Crippen molar-refractivity contribution in [3.63, 3.8) is 0 Å². The van der Waals surface area contributed by atoms with Crippen molar-refractivity contribution >= 4 is 5.91 Å². The summed E-state index contributed by atoms with van der Waals surface area (Å²) >= 11 is 0. The second-order valence-corrected chi connectivity index (χ2v) is 5.25. The molecule has 1 aromatic carbocycles. The number of amides is 1. The lowest BCUT2D eigenvalue weighted by Crippen LogP contribution is -2.36. The Hall–Kier alpha value is -1.39. The lowest BCUT2D eigenvalue weighted by Gasteiger charge is -2.13. The molecule has 0 saturated heterocycles. The van der Waals surface area contributed by atoms with E-state index in [1.807, 2.05) is 12.1 Å². The van der Waals surface area contributed by atoms with Crippen molar-refractivity contribution in [2.75, 3.05) is 6.54 Å². The number of nitrogens with one attached hydrogen (secondary N) is 2. The van der Waals surface area contributed by atoms with Crippen molar-refractivity contribution in [3.8, 4) is 0 Å². The zero-order valence-electron chi connectivity index (χ0n) is 10.4. The van der Waals surface area contributed by atoms with Crippen molar-refractivity contribution < 1.29 is 4.79 Å². The molecular weight excluding hydrogens is 226 g/mol. The molecule has 4 nitrogen and oxygen atoms in total. The van der Waals surface area contributed by atoms with E-state index in [0.717, 1.165) is 19.3 Å². The highest BCUT2D eigenvalue weighted by molar-refractivity contribution is 5.78. The van der Waals surface area contributed by atoms with Crippen LogP contribution in [0.2, 0.25) is 0 Å². The molecule has 0 aliphatic heterocycles. The summed E-state index contributed by atoms with van der Waals surface area (Å²) in [5.41, 5.74) is 8.54. The maximum absolute atomic E-state index is 11.6. The molecule has 0 bridgehead atoms. The van der Waals surface area contributed by atoms with E-state index in [-0.39, 0.29) is 18.0 Å². The van der Waals surface area contributed by atoms with Crippen LogP contribution < -0.4 is 16.4 Å². The number of nitrogens with two attached hydrogens (primary N) is 1. The zero-order chi connectivity index (χ0) is 12.5. The molecule has 4 heteroatoms. The maximum Gasteiger partial charge on any atom is 0.234 e. The number of fused-ring (bicyclic) bond motifs is 1.